The molecule has 76 valence electrons. The van der Waals surface area contributed by atoms with E-state index in [0.717, 1.165) is 5.56 Å². The third kappa shape index (κ3) is 3.02. The molecule has 5 nitrogen and oxygen atoms in total. The van der Waals surface area contributed by atoms with Crippen LogP contribution in [-0.2, 0) is 6.54 Å². The van der Waals surface area contributed by atoms with Crippen molar-refractivity contribution >= 4 is 5.84 Å². The van der Waals surface area contributed by atoms with Gasteiger partial charge in [-0.3, -0.25) is 4.98 Å². The van der Waals surface area contributed by atoms with Crippen LogP contribution < -0.4 is 11.1 Å². The van der Waals surface area contributed by atoms with E-state index in [-0.39, 0.29) is 5.84 Å². The molecule has 0 bridgehead atoms. The zero-order valence-corrected chi connectivity index (χ0v) is 8.07. The van der Waals surface area contributed by atoms with E-state index in [1.165, 1.54) is 5.56 Å². The quantitative estimate of drug-likeness (QED) is 0.277. The fourth-order valence-electron chi connectivity index (χ4n) is 1.04. The second-order valence-corrected chi connectivity index (χ2v) is 3.00. The van der Waals surface area contributed by atoms with Gasteiger partial charge >= 0.3 is 0 Å². The minimum atomic E-state index is 0.173. The lowest BCUT2D eigenvalue weighted by Gasteiger charge is -2.05. The van der Waals surface area contributed by atoms with Crippen molar-refractivity contribution in [1.82, 2.24) is 10.3 Å². The Morgan fingerprint density at radius 1 is 1.71 bits per heavy atom. The van der Waals surface area contributed by atoms with Crippen LogP contribution in [0.3, 0.4) is 0 Å². The highest BCUT2D eigenvalue weighted by Crippen LogP contribution is 2.03. The van der Waals surface area contributed by atoms with Gasteiger partial charge in [-0.05, 0) is 24.1 Å². The van der Waals surface area contributed by atoms with Crippen molar-refractivity contribution in [2.45, 2.75) is 13.5 Å². The fourth-order valence-corrected chi connectivity index (χ4v) is 1.04. The Bertz CT molecular complexity index is 324. The zero-order chi connectivity index (χ0) is 10.4. The summed E-state index contributed by atoms with van der Waals surface area (Å²) in [5, 5.41) is 14.2. The van der Waals surface area contributed by atoms with Crippen LogP contribution in [0.1, 0.15) is 11.1 Å². The van der Waals surface area contributed by atoms with E-state index in [2.05, 4.69) is 15.5 Å². The maximum absolute atomic E-state index is 8.30. The summed E-state index contributed by atoms with van der Waals surface area (Å²) < 4.78 is 0. The van der Waals surface area contributed by atoms with E-state index in [0.29, 0.717) is 13.1 Å². The highest BCUT2D eigenvalue weighted by Gasteiger charge is 1.97. The number of hydrogen-bond acceptors (Lipinski definition) is 4. The summed E-state index contributed by atoms with van der Waals surface area (Å²) in [7, 11) is 0. The first kappa shape index (κ1) is 10.5. The number of aryl methyl sites for hydroxylation is 1. The third-order valence-corrected chi connectivity index (χ3v) is 1.90. The number of pyridine rings is 1. The normalized spacial score (nSPS) is 11.6. The van der Waals surface area contributed by atoms with E-state index in [9.17, 15) is 0 Å². The Kier molecular flexibility index (Phi) is 3.87. The van der Waals surface area contributed by atoms with E-state index < -0.39 is 0 Å². The number of aromatic nitrogens is 1. The van der Waals surface area contributed by atoms with E-state index in [1.807, 2.05) is 13.0 Å². The minimum absolute atomic E-state index is 0.173. The molecule has 0 spiro atoms. The molecule has 1 heterocycles. The second-order valence-electron chi connectivity index (χ2n) is 3.00. The van der Waals surface area contributed by atoms with Gasteiger partial charge in [0.1, 0.15) is 0 Å². The largest absolute Gasteiger partial charge is 0.409 e. The summed E-state index contributed by atoms with van der Waals surface area (Å²) in [4.78, 5) is 4.01. The van der Waals surface area contributed by atoms with E-state index >= 15 is 0 Å². The fraction of sp³-hybridized carbons (Fsp3) is 0.333. The zero-order valence-electron chi connectivity index (χ0n) is 8.07. The summed E-state index contributed by atoms with van der Waals surface area (Å²) in [5.41, 5.74) is 7.58. The molecule has 1 aromatic heterocycles. The van der Waals surface area contributed by atoms with Gasteiger partial charge in [-0.1, -0.05) is 5.16 Å². The van der Waals surface area contributed by atoms with Crippen LogP contribution in [0.25, 0.3) is 0 Å². The third-order valence-electron chi connectivity index (χ3n) is 1.90. The molecule has 0 amide bonds. The van der Waals surface area contributed by atoms with Crippen LogP contribution in [0, 0.1) is 6.92 Å². The standard InChI is InChI=1S/C9H14N4O/c1-7-2-3-11-4-8(7)5-12-6-9(10)13-14/h2-4,12,14H,5-6H2,1H3,(H2,10,13). The first-order chi connectivity index (χ1) is 6.74. The Labute approximate surface area is 82.6 Å². The highest BCUT2D eigenvalue weighted by molar-refractivity contribution is 5.81. The molecule has 0 aliphatic rings. The van der Waals surface area contributed by atoms with Crippen molar-refractivity contribution in [2.75, 3.05) is 6.54 Å². The van der Waals surface area contributed by atoms with Crippen molar-refractivity contribution in [1.29, 1.82) is 0 Å². The molecule has 5 heteroatoms. The SMILES string of the molecule is Cc1ccncc1CNC/C(N)=N/O. The molecule has 1 rings (SSSR count). The summed E-state index contributed by atoms with van der Waals surface area (Å²) in [6.45, 7) is 3.04. The summed E-state index contributed by atoms with van der Waals surface area (Å²) in [6, 6.07) is 1.94. The second kappa shape index (κ2) is 5.18. The van der Waals surface area contributed by atoms with Crippen molar-refractivity contribution in [3.63, 3.8) is 0 Å². The molecule has 14 heavy (non-hydrogen) atoms. The van der Waals surface area contributed by atoms with Gasteiger partial charge in [0.15, 0.2) is 5.84 Å². The summed E-state index contributed by atoms with van der Waals surface area (Å²) in [5.74, 6) is 0.173. The van der Waals surface area contributed by atoms with Crippen LogP contribution in [0.5, 0.6) is 0 Å². The van der Waals surface area contributed by atoms with Crippen LogP contribution in [0.2, 0.25) is 0 Å². The summed E-state index contributed by atoms with van der Waals surface area (Å²) in [6.07, 6.45) is 3.55. The van der Waals surface area contributed by atoms with Crippen LogP contribution in [-0.4, -0.2) is 22.6 Å². The molecule has 4 N–H and O–H groups in total. The Morgan fingerprint density at radius 2 is 2.50 bits per heavy atom. The molecule has 0 aliphatic carbocycles. The van der Waals surface area contributed by atoms with Gasteiger partial charge in [-0.25, -0.2) is 0 Å². The number of rotatable bonds is 4. The lowest BCUT2D eigenvalue weighted by Crippen LogP contribution is -2.28. The van der Waals surface area contributed by atoms with Gasteiger partial charge in [0.2, 0.25) is 0 Å². The van der Waals surface area contributed by atoms with Crippen LogP contribution in [0.15, 0.2) is 23.6 Å². The molecule has 0 atom stereocenters. The lowest BCUT2D eigenvalue weighted by atomic mass is 10.1. The van der Waals surface area contributed by atoms with Crippen molar-refractivity contribution in [3.8, 4) is 0 Å². The first-order valence-corrected chi connectivity index (χ1v) is 4.30. The predicted octanol–water partition coefficient (Wildman–Crippen LogP) is 0.226. The summed E-state index contributed by atoms with van der Waals surface area (Å²) >= 11 is 0. The minimum Gasteiger partial charge on any atom is -0.409 e. The monoisotopic (exact) mass is 194 g/mol. The van der Waals surface area contributed by atoms with Gasteiger partial charge in [-0.15, -0.1) is 0 Å². The molecule has 0 aromatic carbocycles. The molecule has 0 aliphatic heterocycles. The van der Waals surface area contributed by atoms with E-state index in [4.69, 9.17) is 10.9 Å². The van der Waals surface area contributed by atoms with Crippen molar-refractivity contribution in [3.05, 3.63) is 29.6 Å². The van der Waals surface area contributed by atoms with Gasteiger partial charge in [0.05, 0.1) is 6.54 Å². The topological polar surface area (TPSA) is 83.5 Å². The molecule has 0 radical (unpaired) electrons. The first-order valence-electron chi connectivity index (χ1n) is 4.30. The smallest absolute Gasteiger partial charge is 0.153 e. The van der Waals surface area contributed by atoms with Crippen molar-refractivity contribution < 1.29 is 5.21 Å². The number of nitrogens with zero attached hydrogens (tertiary/aromatic N) is 2. The number of amidine groups is 1. The number of hydrogen-bond donors (Lipinski definition) is 3. The van der Waals surface area contributed by atoms with Crippen LogP contribution >= 0.6 is 0 Å². The maximum Gasteiger partial charge on any atom is 0.153 e. The number of nitrogens with one attached hydrogen (secondary N) is 1. The number of oxime groups is 1. The van der Waals surface area contributed by atoms with Gasteiger partial charge in [0, 0.05) is 18.9 Å². The average molecular weight is 194 g/mol. The van der Waals surface area contributed by atoms with Crippen molar-refractivity contribution in [2.24, 2.45) is 10.9 Å². The van der Waals surface area contributed by atoms with E-state index in [1.54, 1.807) is 12.4 Å². The molecular weight excluding hydrogens is 180 g/mol. The lowest BCUT2D eigenvalue weighted by molar-refractivity contribution is 0.317. The average Bonchev–Trinajstić information content (AvgIpc) is 2.20. The Hall–Kier alpha value is -1.62. The Balaban J connectivity index is 2.43. The molecular formula is C9H14N4O. The van der Waals surface area contributed by atoms with Crippen LogP contribution in [0.4, 0.5) is 0 Å². The Morgan fingerprint density at radius 3 is 3.14 bits per heavy atom. The molecule has 0 fully saturated rings. The highest BCUT2D eigenvalue weighted by atomic mass is 16.4. The van der Waals surface area contributed by atoms with Gasteiger partial charge in [-0.2, -0.15) is 0 Å². The maximum atomic E-state index is 8.30. The molecule has 0 unspecified atom stereocenters. The number of nitrogens with two attached hydrogens (primary N) is 1. The predicted molar refractivity (Wildman–Crippen MR) is 54.1 cm³/mol. The van der Waals surface area contributed by atoms with Gasteiger partial charge in [0.25, 0.3) is 0 Å². The molecule has 0 saturated heterocycles. The molecule has 0 saturated carbocycles. The molecule has 1 aromatic rings. The van der Waals surface area contributed by atoms with Gasteiger partial charge < -0.3 is 16.3 Å².